The minimum absolute atomic E-state index is 0.607. The van der Waals surface area contributed by atoms with Crippen LogP contribution in [0.5, 0.6) is 0 Å². The van der Waals surface area contributed by atoms with Crippen molar-refractivity contribution in [2.45, 2.75) is 6.61 Å². The van der Waals surface area contributed by atoms with Crippen LogP contribution in [-0.2, 0) is 11.3 Å². The molecule has 68 valence electrons. The molecular formula is C9H8INOS. The first kappa shape index (κ1) is 9.36. The molecule has 0 spiro atoms. The second-order valence-electron chi connectivity index (χ2n) is 2.63. The molecule has 1 aromatic carbocycles. The fourth-order valence-electron chi connectivity index (χ4n) is 1.15. The lowest BCUT2D eigenvalue weighted by Crippen LogP contribution is -1.83. The Kier molecular flexibility index (Phi) is 2.80. The van der Waals surface area contributed by atoms with E-state index in [0.717, 1.165) is 10.5 Å². The van der Waals surface area contributed by atoms with Gasteiger partial charge in [0.1, 0.15) is 5.01 Å². The number of fused-ring (bicyclic) bond motifs is 1. The number of benzene rings is 1. The quantitative estimate of drug-likeness (QED) is 0.796. The first-order valence-corrected chi connectivity index (χ1v) is 5.73. The third-order valence-electron chi connectivity index (χ3n) is 1.68. The molecule has 0 aliphatic heterocycles. The van der Waals surface area contributed by atoms with Crippen LogP contribution in [0, 0.1) is 3.57 Å². The molecule has 0 saturated carbocycles. The van der Waals surface area contributed by atoms with Crippen LogP contribution in [0.4, 0.5) is 0 Å². The number of hydrogen-bond donors (Lipinski definition) is 0. The van der Waals surface area contributed by atoms with Crippen LogP contribution in [0.15, 0.2) is 18.2 Å². The van der Waals surface area contributed by atoms with E-state index in [0.29, 0.717) is 6.61 Å². The van der Waals surface area contributed by atoms with Gasteiger partial charge in [-0.25, -0.2) is 4.98 Å². The van der Waals surface area contributed by atoms with Crippen molar-refractivity contribution in [1.82, 2.24) is 4.98 Å². The van der Waals surface area contributed by atoms with Crippen molar-refractivity contribution < 1.29 is 4.74 Å². The zero-order chi connectivity index (χ0) is 9.26. The summed E-state index contributed by atoms with van der Waals surface area (Å²) in [7, 11) is 1.69. The Hall–Kier alpha value is -0.200. The Morgan fingerprint density at radius 1 is 1.54 bits per heavy atom. The Labute approximate surface area is 94.1 Å². The minimum atomic E-state index is 0.607. The van der Waals surface area contributed by atoms with Gasteiger partial charge in [0.25, 0.3) is 0 Å². The van der Waals surface area contributed by atoms with Crippen molar-refractivity contribution in [2.24, 2.45) is 0 Å². The van der Waals surface area contributed by atoms with E-state index in [4.69, 9.17) is 4.74 Å². The molecular weight excluding hydrogens is 297 g/mol. The van der Waals surface area contributed by atoms with E-state index in [1.165, 1.54) is 8.27 Å². The number of nitrogens with zero attached hydrogens (tertiary/aromatic N) is 1. The number of ether oxygens (including phenoxy) is 1. The summed E-state index contributed by atoms with van der Waals surface area (Å²) in [6.45, 7) is 0.607. The van der Waals surface area contributed by atoms with E-state index in [9.17, 15) is 0 Å². The maximum absolute atomic E-state index is 5.04. The van der Waals surface area contributed by atoms with E-state index in [-0.39, 0.29) is 0 Å². The Bertz CT molecular complexity index is 426. The third kappa shape index (κ3) is 1.84. The van der Waals surface area contributed by atoms with Gasteiger partial charge in [0.2, 0.25) is 0 Å². The minimum Gasteiger partial charge on any atom is -0.378 e. The number of aromatic nitrogens is 1. The Morgan fingerprint density at radius 3 is 3.08 bits per heavy atom. The van der Waals surface area contributed by atoms with Gasteiger partial charge in [-0.2, -0.15) is 0 Å². The second kappa shape index (κ2) is 3.89. The van der Waals surface area contributed by atoms with E-state index >= 15 is 0 Å². The van der Waals surface area contributed by atoms with Gasteiger partial charge in [-0.3, -0.25) is 0 Å². The van der Waals surface area contributed by atoms with Crippen LogP contribution in [0.3, 0.4) is 0 Å². The molecule has 0 aliphatic rings. The monoisotopic (exact) mass is 305 g/mol. The predicted octanol–water partition coefficient (Wildman–Crippen LogP) is 3.05. The van der Waals surface area contributed by atoms with E-state index in [1.54, 1.807) is 18.4 Å². The molecule has 0 unspecified atom stereocenters. The van der Waals surface area contributed by atoms with Crippen molar-refractivity contribution in [2.75, 3.05) is 7.11 Å². The number of methoxy groups -OCH3 is 1. The normalized spacial score (nSPS) is 10.9. The van der Waals surface area contributed by atoms with E-state index < -0.39 is 0 Å². The molecule has 2 nitrogen and oxygen atoms in total. The van der Waals surface area contributed by atoms with Crippen molar-refractivity contribution in [3.63, 3.8) is 0 Å². The number of hydrogen-bond acceptors (Lipinski definition) is 3. The van der Waals surface area contributed by atoms with Gasteiger partial charge >= 0.3 is 0 Å². The highest BCUT2D eigenvalue weighted by molar-refractivity contribution is 14.1. The summed E-state index contributed by atoms with van der Waals surface area (Å²) < 4.78 is 7.56. The van der Waals surface area contributed by atoms with Crippen molar-refractivity contribution in [3.8, 4) is 0 Å². The molecule has 1 aromatic heterocycles. The lowest BCUT2D eigenvalue weighted by Gasteiger charge is -1.88. The SMILES string of the molecule is COCc1nc2cccc(I)c2s1. The van der Waals surface area contributed by atoms with Gasteiger partial charge in [-0.05, 0) is 34.7 Å². The maximum Gasteiger partial charge on any atom is 0.120 e. The summed E-state index contributed by atoms with van der Waals surface area (Å²) in [5, 5.41) is 1.04. The molecule has 13 heavy (non-hydrogen) atoms. The largest absolute Gasteiger partial charge is 0.378 e. The summed E-state index contributed by atoms with van der Waals surface area (Å²) in [6, 6.07) is 6.16. The average molecular weight is 305 g/mol. The molecule has 0 saturated heterocycles. The summed E-state index contributed by atoms with van der Waals surface area (Å²) in [4.78, 5) is 4.45. The highest BCUT2D eigenvalue weighted by atomic mass is 127. The molecule has 0 atom stereocenters. The summed E-state index contributed by atoms with van der Waals surface area (Å²) in [5.41, 5.74) is 1.07. The second-order valence-corrected chi connectivity index (χ2v) is 4.87. The molecule has 0 aliphatic carbocycles. The van der Waals surface area contributed by atoms with Crippen molar-refractivity contribution in [3.05, 3.63) is 26.8 Å². The van der Waals surface area contributed by atoms with Crippen LogP contribution in [0.1, 0.15) is 5.01 Å². The summed E-state index contributed by atoms with van der Waals surface area (Å²) in [6.07, 6.45) is 0. The maximum atomic E-state index is 5.04. The number of rotatable bonds is 2. The van der Waals surface area contributed by atoms with Gasteiger partial charge in [-0.15, -0.1) is 11.3 Å². The lowest BCUT2D eigenvalue weighted by atomic mass is 10.3. The highest BCUT2D eigenvalue weighted by Gasteiger charge is 2.05. The summed E-state index contributed by atoms with van der Waals surface area (Å²) in [5.74, 6) is 0. The molecule has 0 amide bonds. The molecule has 1 heterocycles. The Balaban J connectivity index is 2.55. The standard InChI is InChI=1S/C9H8INOS/c1-12-5-8-11-7-4-2-3-6(10)9(7)13-8/h2-4H,5H2,1H3. The topological polar surface area (TPSA) is 22.1 Å². The first-order chi connectivity index (χ1) is 6.31. The van der Waals surface area contributed by atoms with Gasteiger partial charge in [-0.1, -0.05) is 6.07 Å². The molecule has 0 radical (unpaired) electrons. The van der Waals surface area contributed by atoms with Crippen LogP contribution in [-0.4, -0.2) is 12.1 Å². The average Bonchev–Trinajstić information content (AvgIpc) is 2.49. The van der Waals surface area contributed by atoms with Crippen molar-refractivity contribution >= 4 is 44.1 Å². The lowest BCUT2D eigenvalue weighted by molar-refractivity contribution is 0.185. The molecule has 2 aromatic rings. The molecule has 2 rings (SSSR count). The summed E-state index contributed by atoms with van der Waals surface area (Å²) >= 11 is 4.03. The fourth-order valence-corrected chi connectivity index (χ4v) is 2.90. The molecule has 4 heteroatoms. The fraction of sp³-hybridized carbons (Fsp3) is 0.222. The van der Waals surface area contributed by atoms with Crippen LogP contribution in [0.25, 0.3) is 10.2 Å². The van der Waals surface area contributed by atoms with Gasteiger partial charge in [0, 0.05) is 10.7 Å². The smallest absolute Gasteiger partial charge is 0.120 e. The van der Waals surface area contributed by atoms with Gasteiger partial charge in [0.15, 0.2) is 0 Å². The highest BCUT2D eigenvalue weighted by Crippen LogP contribution is 2.26. The third-order valence-corrected chi connectivity index (χ3v) is 4.02. The molecule has 0 bridgehead atoms. The van der Waals surface area contributed by atoms with Crippen LogP contribution in [0.2, 0.25) is 0 Å². The molecule has 0 N–H and O–H groups in total. The zero-order valence-electron chi connectivity index (χ0n) is 7.08. The van der Waals surface area contributed by atoms with E-state index in [1.807, 2.05) is 12.1 Å². The van der Waals surface area contributed by atoms with Crippen LogP contribution >= 0.6 is 33.9 Å². The van der Waals surface area contributed by atoms with Crippen molar-refractivity contribution in [1.29, 1.82) is 0 Å². The van der Waals surface area contributed by atoms with E-state index in [2.05, 4.69) is 33.6 Å². The zero-order valence-corrected chi connectivity index (χ0v) is 10.1. The Morgan fingerprint density at radius 2 is 2.38 bits per heavy atom. The van der Waals surface area contributed by atoms with Gasteiger partial charge in [0.05, 0.1) is 16.8 Å². The predicted molar refractivity (Wildman–Crippen MR) is 63.1 cm³/mol. The van der Waals surface area contributed by atoms with Gasteiger partial charge < -0.3 is 4.74 Å². The molecule has 0 fully saturated rings. The van der Waals surface area contributed by atoms with Crippen LogP contribution < -0.4 is 0 Å². The number of halogens is 1. The number of thiazole rings is 1. The first-order valence-electron chi connectivity index (χ1n) is 3.84.